The number of anilines is 1. The molecule has 0 saturated carbocycles. The molecule has 1 unspecified atom stereocenters. The highest BCUT2D eigenvalue weighted by Crippen LogP contribution is 2.33. The first kappa shape index (κ1) is 14.9. The van der Waals surface area contributed by atoms with E-state index in [-0.39, 0.29) is 0 Å². The highest BCUT2D eigenvalue weighted by atomic mass is 15.2. The third kappa shape index (κ3) is 2.35. The maximum atomic E-state index is 5.00. The van der Waals surface area contributed by atoms with Crippen molar-refractivity contribution in [3.05, 3.63) is 36.5 Å². The fourth-order valence-corrected chi connectivity index (χ4v) is 3.45. The van der Waals surface area contributed by atoms with E-state index in [0.717, 1.165) is 17.9 Å². The summed E-state index contributed by atoms with van der Waals surface area (Å²) in [7, 11) is 2.12. The van der Waals surface area contributed by atoms with Crippen molar-refractivity contribution in [2.75, 3.05) is 11.4 Å². The van der Waals surface area contributed by atoms with E-state index in [4.69, 9.17) is 4.98 Å². The molecule has 0 amide bonds. The van der Waals surface area contributed by atoms with E-state index in [9.17, 15) is 0 Å². The lowest BCUT2D eigenvalue weighted by molar-refractivity contribution is 0.588. The average molecular weight is 295 g/mol. The van der Waals surface area contributed by atoms with Gasteiger partial charge < -0.3 is 9.47 Å². The Labute approximate surface area is 132 Å². The molecule has 0 aliphatic carbocycles. The van der Waals surface area contributed by atoms with Crippen molar-refractivity contribution in [3.8, 4) is 0 Å². The number of rotatable bonds is 5. The van der Waals surface area contributed by atoms with Gasteiger partial charge >= 0.3 is 0 Å². The molecule has 0 spiro atoms. The maximum Gasteiger partial charge on any atom is 0.138 e. The topological polar surface area (TPSA) is 21.1 Å². The van der Waals surface area contributed by atoms with Gasteiger partial charge in [-0.1, -0.05) is 31.5 Å². The fourth-order valence-electron chi connectivity index (χ4n) is 3.45. The van der Waals surface area contributed by atoms with Crippen LogP contribution < -0.4 is 4.90 Å². The Bertz CT molecular complexity index is 788. The highest BCUT2D eigenvalue weighted by Gasteiger charge is 2.19. The van der Waals surface area contributed by atoms with E-state index in [2.05, 4.69) is 73.8 Å². The van der Waals surface area contributed by atoms with E-state index in [0.29, 0.717) is 6.04 Å². The zero-order chi connectivity index (χ0) is 15.7. The summed E-state index contributed by atoms with van der Waals surface area (Å²) >= 11 is 0. The van der Waals surface area contributed by atoms with Crippen molar-refractivity contribution in [1.29, 1.82) is 0 Å². The lowest BCUT2D eigenvalue weighted by Crippen LogP contribution is -2.33. The van der Waals surface area contributed by atoms with Crippen LogP contribution in [0.3, 0.4) is 0 Å². The first-order chi connectivity index (χ1) is 10.7. The number of fused-ring (bicyclic) bond motifs is 3. The van der Waals surface area contributed by atoms with Crippen LogP contribution in [0.5, 0.6) is 0 Å². The smallest absolute Gasteiger partial charge is 0.138 e. The normalized spacial score (nSPS) is 12.9. The summed E-state index contributed by atoms with van der Waals surface area (Å²) in [6.45, 7) is 7.75. The molecule has 116 valence electrons. The van der Waals surface area contributed by atoms with Crippen LogP contribution in [0, 0.1) is 0 Å². The molecule has 2 heterocycles. The van der Waals surface area contributed by atoms with Gasteiger partial charge in [-0.3, -0.25) is 0 Å². The van der Waals surface area contributed by atoms with Gasteiger partial charge in [0.25, 0.3) is 0 Å². The summed E-state index contributed by atoms with van der Waals surface area (Å²) in [6, 6.07) is 11.1. The van der Waals surface area contributed by atoms with Crippen LogP contribution >= 0.6 is 0 Å². The first-order valence-electron chi connectivity index (χ1n) is 8.27. The third-order valence-electron chi connectivity index (χ3n) is 4.55. The lowest BCUT2D eigenvalue weighted by Gasteiger charge is -2.30. The minimum Gasteiger partial charge on any atom is -0.354 e. The van der Waals surface area contributed by atoms with Crippen LogP contribution in [0.1, 0.15) is 33.6 Å². The van der Waals surface area contributed by atoms with Gasteiger partial charge in [-0.05, 0) is 32.4 Å². The van der Waals surface area contributed by atoms with Crippen molar-refractivity contribution >= 4 is 27.6 Å². The third-order valence-corrected chi connectivity index (χ3v) is 4.55. The van der Waals surface area contributed by atoms with Crippen LogP contribution in [0.25, 0.3) is 21.8 Å². The molecule has 3 heteroatoms. The van der Waals surface area contributed by atoms with Crippen molar-refractivity contribution in [2.45, 2.75) is 39.7 Å². The summed E-state index contributed by atoms with van der Waals surface area (Å²) in [6.07, 6.45) is 4.53. The van der Waals surface area contributed by atoms with E-state index >= 15 is 0 Å². The summed E-state index contributed by atoms with van der Waals surface area (Å²) in [4.78, 5) is 7.45. The Morgan fingerprint density at radius 3 is 2.64 bits per heavy atom. The van der Waals surface area contributed by atoms with Gasteiger partial charge in [-0.15, -0.1) is 0 Å². The molecule has 0 N–H and O–H groups in total. The lowest BCUT2D eigenvalue weighted by atomic mass is 10.1. The largest absolute Gasteiger partial charge is 0.354 e. The van der Waals surface area contributed by atoms with E-state index in [1.165, 1.54) is 29.1 Å². The predicted molar refractivity (Wildman–Crippen MR) is 95.6 cm³/mol. The standard InChI is InChI=1S/C19H25N3/c1-5-9-14(3)22(6-2)19-16-12-13-21(4)18(16)15-10-7-8-11-17(15)20-19/h7-8,10-14H,5-6,9H2,1-4H3. The van der Waals surface area contributed by atoms with Crippen LogP contribution in [0.15, 0.2) is 36.5 Å². The predicted octanol–water partition coefficient (Wildman–Crippen LogP) is 4.74. The number of aromatic nitrogens is 2. The van der Waals surface area contributed by atoms with Crippen LogP contribution in [0.4, 0.5) is 5.82 Å². The first-order valence-corrected chi connectivity index (χ1v) is 8.27. The Morgan fingerprint density at radius 2 is 1.91 bits per heavy atom. The second kappa shape index (κ2) is 5.99. The number of nitrogens with zero attached hydrogens (tertiary/aromatic N) is 3. The number of para-hydroxylation sites is 1. The maximum absolute atomic E-state index is 5.00. The van der Waals surface area contributed by atoms with Gasteiger partial charge in [0, 0.05) is 36.6 Å². The van der Waals surface area contributed by atoms with Gasteiger partial charge in [0.05, 0.1) is 11.0 Å². The summed E-state index contributed by atoms with van der Waals surface area (Å²) in [5.41, 5.74) is 2.36. The molecule has 3 aromatic rings. The number of hydrogen-bond acceptors (Lipinski definition) is 2. The summed E-state index contributed by atoms with van der Waals surface area (Å²) < 4.78 is 2.21. The zero-order valence-corrected chi connectivity index (χ0v) is 14.0. The molecule has 0 aliphatic heterocycles. The summed E-state index contributed by atoms with van der Waals surface area (Å²) in [5.74, 6) is 1.12. The molecular weight excluding hydrogens is 270 g/mol. The van der Waals surface area contributed by atoms with Gasteiger partial charge in [-0.25, -0.2) is 4.98 Å². The van der Waals surface area contributed by atoms with Crippen LogP contribution in [0.2, 0.25) is 0 Å². The molecule has 22 heavy (non-hydrogen) atoms. The molecule has 0 aliphatic rings. The number of pyridine rings is 1. The Morgan fingerprint density at radius 1 is 1.14 bits per heavy atom. The molecule has 0 saturated heterocycles. The second-order valence-electron chi connectivity index (χ2n) is 6.07. The zero-order valence-electron chi connectivity index (χ0n) is 14.0. The van der Waals surface area contributed by atoms with Gasteiger partial charge in [0.15, 0.2) is 0 Å². The van der Waals surface area contributed by atoms with Gasteiger partial charge in [-0.2, -0.15) is 0 Å². The fraction of sp³-hybridized carbons (Fsp3) is 0.421. The Kier molecular flexibility index (Phi) is 4.06. The minimum atomic E-state index is 0.507. The Hall–Kier alpha value is -2.03. The number of hydrogen-bond donors (Lipinski definition) is 0. The molecule has 0 fully saturated rings. The molecule has 0 radical (unpaired) electrons. The van der Waals surface area contributed by atoms with E-state index in [1.54, 1.807) is 0 Å². The van der Waals surface area contributed by atoms with E-state index in [1.807, 2.05) is 0 Å². The van der Waals surface area contributed by atoms with E-state index < -0.39 is 0 Å². The summed E-state index contributed by atoms with van der Waals surface area (Å²) in [5, 5.41) is 2.49. The second-order valence-corrected chi connectivity index (χ2v) is 6.07. The average Bonchev–Trinajstić information content (AvgIpc) is 2.91. The molecule has 1 aromatic carbocycles. The molecule has 2 aromatic heterocycles. The van der Waals surface area contributed by atoms with Gasteiger partial charge in [0.2, 0.25) is 0 Å². The molecule has 3 nitrogen and oxygen atoms in total. The van der Waals surface area contributed by atoms with Crippen molar-refractivity contribution in [3.63, 3.8) is 0 Å². The highest BCUT2D eigenvalue weighted by molar-refractivity contribution is 6.08. The minimum absolute atomic E-state index is 0.507. The molecular formula is C19H25N3. The molecule has 3 rings (SSSR count). The SMILES string of the molecule is CCCC(C)N(CC)c1nc2ccccc2c2c1ccn2C. The van der Waals surface area contributed by atoms with Crippen LogP contribution in [-0.2, 0) is 7.05 Å². The quantitative estimate of drug-likeness (QED) is 0.678. The van der Waals surface area contributed by atoms with Crippen LogP contribution in [-0.4, -0.2) is 22.1 Å². The monoisotopic (exact) mass is 295 g/mol. The van der Waals surface area contributed by atoms with Crippen molar-refractivity contribution in [2.24, 2.45) is 7.05 Å². The number of aryl methyl sites for hydroxylation is 1. The van der Waals surface area contributed by atoms with Crippen molar-refractivity contribution < 1.29 is 0 Å². The van der Waals surface area contributed by atoms with Gasteiger partial charge in [0.1, 0.15) is 5.82 Å². The molecule has 0 bridgehead atoms. The van der Waals surface area contributed by atoms with Crippen molar-refractivity contribution in [1.82, 2.24) is 9.55 Å². The molecule has 1 atom stereocenters. The Balaban J connectivity index is 2.27. The number of benzene rings is 1.